The van der Waals surface area contributed by atoms with Crippen LogP contribution in [0.1, 0.15) is 17.2 Å². The number of benzene rings is 2. The highest BCUT2D eigenvalue weighted by Gasteiger charge is 2.33. The molecule has 1 atom stereocenters. The van der Waals surface area contributed by atoms with Crippen LogP contribution in [0, 0.1) is 0 Å². The number of nitrogens with zero attached hydrogens (tertiary/aromatic N) is 1. The van der Waals surface area contributed by atoms with Gasteiger partial charge in [-0.3, -0.25) is 9.10 Å². The average molecular weight is 424 g/mol. The number of anilines is 1. The molecule has 2 aromatic rings. The lowest BCUT2D eigenvalue weighted by Crippen LogP contribution is -2.27. The van der Waals surface area contributed by atoms with Crippen LogP contribution in [0.2, 0.25) is 0 Å². The molecule has 6 nitrogen and oxygen atoms in total. The fourth-order valence-electron chi connectivity index (χ4n) is 2.98. The molecule has 0 aromatic heterocycles. The highest BCUT2D eigenvalue weighted by Crippen LogP contribution is 2.39. The quantitative estimate of drug-likeness (QED) is 0.389. The number of fused-ring (bicyclic) bond motifs is 2. The third-order valence-electron chi connectivity index (χ3n) is 4.41. The summed E-state index contributed by atoms with van der Waals surface area (Å²) in [6.45, 7) is 0.485. The summed E-state index contributed by atoms with van der Waals surface area (Å²) in [7, 11) is -2.17. The average Bonchev–Trinajstić information content (AvgIpc) is 2.74. The normalized spacial score (nSPS) is 17.6. The third kappa shape index (κ3) is 3.96. The van der Waals surface area contributed by atoms with Crippen molar-refractivity contribution in [2.75, 3.05) is 29.4 Å². The standard InChI is InChI=1S/C18H21N3O3S3/c1-21-15-5-3-2-4-13(15)18(19)14-7-6-12(10-16(14)27(21,23)24)26-9-8-20-17(22)11-25/h2-7,10,18,25H,8-9,11,19H2,1H3,(H,20,22). The predicted octanol–water partition coefficient (Wildman–Crippen LogP) is 2.01. The van der Waals surface area contributed by atoms with E-state index in [9.17, 15) is 13.2 Å². The summed E-state index contributed by atoms with van der Waals surface area (Å²) in [6, 6.07) is 12.1. The minimum Gasteiger partial charge on any atom is -0.355 e. The zero-order valence-electron chi connectivity index (χ0n) is 14.8. The molecule has 3 N–H and O–H groups in total. The van der Waals surface area contributed by atoms with Gasteiger partial charge in [0, 0.05) is 24.2 Å². The first kappa shape index (κ1) is 20.1. The Morgan fingerprint density at radius 1 is 1.26 bits per heavy atom. The van der Waals surface area contributed by atoms with E-state index in [0.717, 1.165) is 10.5 Å². The van der Waals surface area contributed by atoms with E-state index in [4.69, 9.17) is 5.73 Å². The molecule has 0 saturated carbocycles. The third-order valence-corrected chi connectivity index (χ3v) is 7.52. The van der Waals surface area contributed by atoms with Crippen LogP contribution in [-0.4, -0.2) is 39.4 Å². The van der Waals surface area contributed by atoms with Crippen LogP contribution in [0.5, 0.6) is 0 Å². The second kappa shape index (κ2) is 8.14. The minimum atomic E-state index is -3.71. The number of hydrogen-bond donors (Lipinski definition) is 3. The van der Waals surface area contributed by atoms with E-state index in [1.807, 2.05) is 18.2 Å². The largest absolute Gasteiger partial charge is 0.355 e. The summed E-state index contributed by atoms with van der Waals surface area (Å²) < 4.78 is 27.6. The van der Waals surface area contributed by atoms with Gasteiger partial charge in [0.25, 0.3) is 10.0 Å². The molecule has 3 rings (SSSR count). The monoisotopic (exact) mass is 423 g/mol. The topological polar surface area (TPSA) is 92.5 Å². The van der Waals surface area contributed by atoms with Crippen molar-refractivity contribution in [2.45, 2.75) is 15.8 Å². The Kier molecular flexibility index (Phi) is 6.05. The van der Waals surface area contributed by atoms with Gasteiger partial charge in [-0.05, 0) is 29.3 Å². The molecule has 2 aromatic carbocycles. The van der Waals surface area contributed by atoms with Crippen molar-refractivity contribution in [2.24, 2.45) is 5.73 Å². The summed E-state index contributed by atoms with van der Waals surface area (Å²) >= 11 is 5.38. The van der Waals surface area contributed by atoms with Gasteiger partial charge in [-0.2, -0.15) is 12.6 Å². The summed E-state index contributed by atoms with van der Waals surface area (Å²) in [5.74, 6) is 0.640. The molecular formula is C18H21N3O3S3. The summed E-state index contributed by atoms with van der Waals surface area (Å²) in [6.07, 6.45) is 0. The number of carbonyl (C=O) groups is 1. The maximum Gasteiger partial charge on any atom is 0.264 e. The molecule has 0 aliphatic carbocycles. The molecule has 1 aliphatic rings. The van der Waals surface area contributed by atoms with Gasteiger partial charge < -0.3 is 11.1 Å². The fraction of sp³-hybridized carbons (Fsp3) is 0.278. The van der Waals surface area contributed by atoms with Crippen molar-refractivity contribution in [3.63, 3.8) is 0 Å². The Hall–Kier alpha value is -1.68. The lowest BCUT2D eigenvalue weighted by Gasteiger charge is -2.19. The fourth-order valence-corrected chi connectivity index (χ4v) is 5.46. The maximum absolute atomic E-state index is 13.1. The van der Waals surface area contributed by atoms with E-state index in [1.165, 1.54) is 16.1 Å². The minimum absolute atomic E-state index is 0.131. The molecule has 1 unspecified atom stereocenters. The van der Waals surface area contributed by atoms with E-state index in [-0.39, 0.29) is 16.6 Å². The summed E-state index contributed by atoms with van der Waals surface area (Å²) in [5.41, 5.74) is 8.35. The van der Waals surface area contributed by atoms with Gasteiger partial charge in [0.05, 0.1) is 22.4 Å². The number of nitrogens with one attached hydrogen (secondary N) is 1. The molecule has 0 radical (unpaired) electrons. The first-order valence-electron chi connectivity index (χ1n) is 8.34. The highest BCUT2D eigenvalue weighted by atomic mass is 32.2. The van der Waals surface area contributed by atoms with Crippen LogP contribution in [0.3, 0.4) is 0 Å². The lowest BCUT2D eigenvalue weighted by atomic mass is 9.98. The molecule has 0 saturated heterocycles. The van der Waals surface area contributed by atoms with Crippen LogP contribution >= 0.6 is 24.4 Å². The molecule has 27 heavy (non-hydrogen) atoms. The molecule has 0 fully saturated rings. The Morgan fingerprint density at radius 3 is 2.74 bits per heavy atom. The van der Waals surface area contributed by atoms with E-state index in [2.05, 4.69) is 17.9 Å². The van der Waals surface area contributed by atoms with Gasteiger partial charge in [0.1, 0.15) is 0 Å². The first-order chi connectivity index (χ1) is 12.9. The van der Waals surface area contributed by atoms with Crippen LogP contribution in [0.4, 0.5) is 5.69 Å². The Morgan fingerprint density at radius 2 is 2.00 bits per heavy atom. The van der Waals surface area contributed by atoms with E-state index in [0.29, 0.717) is 23.5 Å². The zero-order chi connectivity index (χ0) is 19.6. The van der Waals surface area contributed by atoms with E-state index >= 15 is 0 Å². The molecule has 1 amide bonds. The first-order valence-corrected chi connectivity index (χ1v) is 11.4. The number of rotatable bonds is 5. The van der Waals surface area contributed by atoms with Crippen LogP contribution in [0.15, 0.2) is 52.3 Å². The van der Waals surface area contributed by atoms with Gasteiger partial charge in [-0.15, -0.1) is 11.8 Å². The number of sulfonamides is 1. The summed E-state index contributed by atoms with van der Waals surface area (Å²) in [4.78, 5) is 12.3. The number of hydrogen-bond acceptors (Lipinski definition) is 6. The molecule has 0 bridgehead atoms. The highest BCUT2D eigenvalue weighted by molar-refractivity contribution is 7.99. The zero-order valence-corrected chi connectivity index (χ0v) is 17.3. The molecule has 144 valence electrons. The number of nitrogens with two attached hydrogens (primary N) is 1. The van der Waals surface area contributed by atoms with Gasteiger partial charge >= 0.3 is 0 Å². The van der Waals surface area contributed by atoms with Crippen molar-refractivity contribution in [3.8, 4) is 0 Å². The molecule has 9 heteroatoms. The Labute approximate surface area is 169 Å². The maximum atomic E-state index is 13.1. The second-order valence-electron chi connectivity index (χ2n) is 6.07. The number of carbonyl (C=O) groups excluding carboxylic acids is 1. The second-order valence-corrected chi connectivity index (χ2v) is 9.49. The van der Waals surface area contributed by atoms with Crippen molar-refractivity contribution in [1.82, 2.24) is 5.32 Å². The van der Waals surface area contributed by atoms with Gasteiger partial charge in [-0.25, -0.2) is 8.42 Å². The van der Waals surface area contributed by atoms with Crippen molar-refractivity contribution in [1.29, 1.82) is 0 Å². The van der Waals surface area contributed by atoms with Gasteiger partial charge in [0.15, 0.2) is 0 Å². The molecule has 1 heterocycles. The Balaban J connectivity index is 1.92. The molecule has 1 aliphatic heterocycles. The number of para-hydroxylation sites is 1. The van der Waals surface area contributed by atoms with Crippen LogP contribution in [0.25, 0.3) is 0 Å². The number of amides is 1. The molecule has 0 spiro atoms. The van der Waals surface area contributed by atoms with Gasteiger partial charge in [0.2, 0.25) is 5.91 Å². The smallest absolute Gasteiger partial charge is 0.264 e. The number of thiol groups is 1. The summed E-state index contributed by atoms with van der Waals surface area (Å²) in [5, 5.41) is 2.73. The van der Waals surface area contributed by atoms with Gasteiger partial charge in [-0.1, -0.05) is 24.3 Å². The SMILES string of the molecule is CN1c2ccccc2C(N)c2ccc(SCCNC(=O)CS)cc2S1(=O)=O. The predicted molar refractivity (Wildman–Crippen MR) is 112 cm³/mol. The van der Waals surface area contributed by atoms with Crippen LogP contribution in [-0.2, 0) is 14.8 Å². The van der Waals surface area contributed by atoms with Crippen molar-refractivity contribution < 1.29 is 13.2 Å². The number of thioether (sulfide) groups is 1. The van der Waals surface area contributed by atoms with E-state index < -0.39 is 16.1 Å². The molecular weight excluding hydrogens is 402 g/mol. The lowest BCUT2D eigenvalue weighted by molar-refractivity contribution is -0.118. The van der Waals surface area contributed by atoms with Crippen molar-refractivity contribution >= 4 is 46.0 Å². The van der Waals surface area contributed by atoms with Crippen molar-refractivity contribution in [3.05, 3.63) is 53.6 Å². The van der Waals surface area contributed by atoms with E-state index in [1.54, 1.807) is 31.3 Å². The Bertz CT molecular complexity index is 963. The van der Waals surface area contributed by atoms with Crippen LogP contribution < -0.4 is 15.4 Å².